The Morgan fingerprint density at radius 3 is 2.65 bits per heavy atom. The predicted molar refractivity (Wildman–Crippen MR) is 64.5 cm³/mol. The minimum Gasteiger partial charge on any atom is -0.449 e. The molecule has 0 atom stereocenters. The molecule has 0 saturated carbocycles. The van der Waals surface area contributed by atoms with Crippen LogP contribution in [-0.2, 0) is 16.8 Å². The average molecular weight is 261 g/mol. The van der Waals surface area contributed by atoms with Gasteiger partial charge in [-0.1, -0.05) is 13.8 Å². The molecule has 0 fully saturated rings. The van der Waals surface area contributed by atoms with Crippen LogP contribution in [0.3, 0.4) is 0 Å². The van der Waals surface area contributed by atoms with E-state index in [9.17, 15) is 8.42 Å². The summed E-state index contributed by atoms with van der Waals surface area (Å²) in [5.74, 6) is 0.806. The summed E-state index contributed by atoms with van der Waals surface area (Å²) in [6.07, 6.45) is 1.44. The van der Waals surface area contributed by atoms with Crippen molar-refractivity contribution in [1.29, 1.82) is 0 Å². The van der Waals surface area contributed by atoms with E-state index < -0.39 is 10.2 Å². The minimum atomic E-state index is -3.44. The fraction of sp³-hybridized carbons (Fsp3) is 0.700. The van der Waals surface area contributed by atoms with E-state index in [-0.39, 0.29) is 12.5 Å². The second-order valence-corrected chi connectivity index (χ2v) is 6.22. The van der Waals surface area contributed by atoms with Crippen LogP contribution in [-0.4, -0.2) is 31.3 Å². The van der Waals surface area contributed by atoms with Crippen LogP contribution in [0.1, 0.15) is 25.4 Å². The van der Waals surface area contributed by atoms with Gasteiger partial charge in [-0.05, 0) is 5.92 Å². The Hall–Kier alpha value is -0.920. The summed E-state index contributed by atoms with van der Waals surface area (Å²) in [4.78, 5) is 4.02. The van der Waals surface area contributed by atoms with Gasteiger partial charge in [0.25, 0.3) is 10.2 Å². The fourth-order valence-electron chi connectivity index (χ4n) is 1.38. The first-order valence-corrected chi connectivity index (χ1v) is 6.87. The largest absolute Gasteiger partial charge is 0.449 e. The topological polar surface area (TPSA) is 75.4 Å². The molecule has 0 aliphatic carbocycles. The van der Waals surface area contributed by atoms with E-state index in [2.05, 4.69) is 9.71 Å². The maximum absolute atomic E-state index is 11.8. The first-order chi connectivity index (χ1) is 7.81. The number of nitrogens with zero attached hydrogens (tertiary/aromatic N) is 2. The maximum Gasteiger partial charge on any atom is 0.279 e. The molecular formula is C10H19N3O3S. The van der Waals surface area contributed by atoms with Gasteiger partial charge in [0.1, 0.15) is 6.26 Å². The van der Waals surface area contributed by atoms with Gasteiger partial charge < -0.3 is 4.42 Å². The van der Waals surface area contributed by atoms with Crippen molar-refractivity contribution in [3.05, 3.63) is 17.8 Å². The van der Waals surface area contributed by atoms with Gasteiger partial charge in [0.15, 0.2) is 5.89 Å². The first kappa shape index (κ1) is 14.1. The molecule has 17 heavy (non-hydrogen) atoms. The Morgan fingerprint density at radius 1 is 1.53 bits per heavy atom. The smallest absolute Gasteiger partial charge is 0.279 e. The number of rotatable bonds is 6. The Balaban J connectivity index is 2.55. The fourth-order valence-corrected chi connectivity index (χ4v) is 2.42. The van der Waals surface area contributed by atoms with E-state index in [4.69, 9.17) is 4.42 Å². The molecule has 1 rings (SSSR count). The highest BCUT2D eigenvalue weighted by atomic mass is 32.2. The number of hydrogen-bond acceptors (Lipinski definition) is 4. The standard InChI is InChI=1S/C10H19N3O3S/c1-8(2)6-13(4)17(14,15)11-5-10-7-16-9(3)12-10/h7-8,11H,5-6H2,1-4H3. The summed E-state index contributed by atoms with van der Waals surface area (Å²) in [5.41, 5.74) is 0.573. The number of aromatic nitrogens is 1. The van der Waals surface area contributed by atoms with Gasteiger partial charge in [-0.25, -0.2) is 4.98 Å². The molecule has 0 amide bonds. The Bertz CT molecular complexity index is 453. The summed E-state index contributed by atoms with van der Waals surface area (Å²) in [6, 6.07) is 0. The minimum absolute atomic E-state index is 0.141. The van der Waals surface area contributed by atoms with E-state index in [0.717, 1.165) is 0 Å². The molecule has 1 N–H and O–H groups in total. The Labute approximate surface area is 102 Å². The Kier molecular flexibility index (Phi) is 4.67. The van der Waals surface area contributed by atoms with Crippen molar-refractivity contribution in [2.24, 2.45) is 5.92 Å². The summed E-state index contributed by atoms with van der Waals surface area (Å²) in [5, 5.41) is 0. The zero-order chi connectivity index (χ0) is 13.1. The highest BCUT2D eigenvalue weighted by molar-refractivity contribution is 7.87. The molecule has 6 nitrogen and oxygen atoms in total. The quantitative estimate of drug-likeness (QED) is 0.825. The van der Waals surface area contributed by atoms with Crippen molar-refractivity contribution in [3.63, 3.8) is 0 Å². The third kappa shape index (κ3) is 4.45. The van der Waals surface area contributed by atoms with Crippen LogP contribution < -0.4 is 4.72 Å². The lowest BCUT2D eigenvalue weighted by Gasteiger charge is -2.19. The van der Waals surface area contributed by atoms with Gasteiger partial charge >= 0.3 is 0 Å². The molecule has 0 bridgehead atoms. The van der Waals surface area contributed by atoms with Crippen molar-refractivity contribution in [3.8, 4) is 0 Å². The monoisotopic (exact) mass is 261 g/mol. The summed E-state index contributed by atoms with van der Waals surface area (Å²) in [7, 11) is -1.89. The molecule has 1 aromatic rings. The van der Waals surface area contributed by atoms with Crippen LogP contribution in [0.4, 0.5) is 0 Å². The zero-order valence-corrected chi connectivity index (χ0v) is 11.4. The van der Waals surface area contributed by atoms with Crippen LogP contribution in [0.5, 0.6) is 0 Å². The molecule has 1 aromatic heterocycles. The van der Waals surface area contributed by atoms with E-state index >= 15 is 0 Å². The summed E-state index contributed by atoms with van der Waals surface area (Å²) < 4.78 is 32.4. The van der Waals surface area contributed by atoms with Crippen molar-refractivity contribution in [2.75, 3.05) is 13.6 Å². The van der Waals surface area contributed by atoms with Gasteiger partial charge in [-0.3, -0.25) is 0 Å². The van der Waals surface area contributed by atoms with Crippen LogP contribution in [0, 0.1) is 12.8 Å². The number of nitrogens with one attached hydrogen (secondary N) is 1. The van der Waals surface area contributed by atoms with E-state index in [1.807, 2.05) is 13.8 Å². The molecular weight excluding hydrogens is 242 g/mol. The van der Waals surface area contributed by atoms with Gasteiger partial charge in [0, 0.05) is 20.5 Å². The SMILES string of the molecule is Cc1nc(CNS(=O)(=O)N(C)CC(C)C)co1. The number of hydrogen-bond donors (Lipinski definition) is 1. The number of aryl methyl sites for hydroxylation is 1. The molecule has 0 unspecified atom stereocenters. The highest BCUT2D eigenvalue weighted by Gasteiger charge is 2.18. The molecule has 0 saturated heterocycles. The average Bonchev–Trinajstić information content (AvgIpc) is 2.60. The molecule has 0 radical (unpaired) electrons. The van der Waals surface area contributed by atoms with Crippen molar-refractivity contribution >= 4 is 10.2 Å². The Morgan fingerprint density at radius 2 is 2.18 bits per heavy atom. The second kappa shape index (κ2) is 5.61. The van der Waals surface area contributed by atoms with Crippen LogP contribution in [0.25, 0.3) is 0 Å². The van der Waals surface area contributed by atoms with Gasteiger partial charge in [-0.2, -0.15) is 17.4 Å². The van der Waals surface area contributed by atoms with Crippen molar-refractivity contribution in [2.45, 2.75) is 27.3 Å². The summed E-state index contributed by atoms with van der Waals surface area (Å²) in [6.45, 7) is 6.26. The van der Waals surface area contributed by atoms with Crippen molar-refractivity contribution < 1.29 is 12.8 Å². The lowest BCUT2D eigenvalue weighted by atomic mass is 10.2. The van der Waals surface area contributed by atoms with Crippen LogP contribution in [0.15, 0.2) is 10.7 Å². The van der Waals surface area contributed by atoms with Crippen molar-refractivity contribution in [1.82, 2.24) is 14.0 Å². The third-order valence-corrected chi connectivity index (χ3v) is 3.61. The van der Waals surface area contributed by atoms with Crippen LogP contribution >= 0.6 is 0 Å². The molecule has 0 aromatic carbocycles. The van der Waals surface area contributed by atoms with Gasteiger partial charge in [0.2, 0.25) is 0 Å². The van der Waals surface area contributed by atoms with Gasteiger partial charge in [-0.15, -0.1) is 0 Å². The predicted octanol–water partition coefficient (Wildman–Crippen LogP) is 0.905. The maximum atomic E-state index is 11.8. The van der Waals surface area contributed by atoms with Gasteiger partial charge in [0.05, 0.1) is 12.2 Å². The lowest BCUT2D eigenvalue weighted by Crippen LogP contribution is -2.39. The zero-order valence-electron chi connectivity index (χ0n) is 10.6. The molecule has 1 heterocycles. The normalized spacial score (nSPS) is 12.6. The van der Waals surface area contributed by atoms with Crippen LogP contribution in [0.2, 0.25) is 0 Å². The highest BCUT2D eigenvalue weighted by Crippen LogP contribution is 2.04. The first-order valence-electron chi connectivity index (χ1n) is 5.43. The lowest BCUT2D eigenvalue weighted by molar-refractivity contribution is 0.409. The molecule has 98 valence electrons. The molecule has 0 aliphatic heterocycles. The number of oxazole rings is 1. The molecule has 7 heteroatoms. The summed E-state index contributed by atoms with van der Waals surface area (Å²) >= 11 is 0. The molecule has 0 aliphatic rings. The van der Waals surface area contributed by atoms with E-state index in [0.29, 0.717) is 18.1 Å². The second-order valence-electron chi connectivity index (χ2n) is 4.36. The van der Waals surface area contributed by atoms with E-state index in [1.54, 1.807) is 14.0 Å². The third-order valence-electron chi connectivity index (χ3n) is 2.13. The molecule has 0 spiro atoms. The van der Waals surface area contributed by atoms with E-state index in [1.165, 1.54) is 10.6 Å².